The van der Waals surface area contributed by atoms with E-state index in [0.717, 1.165) is 11.3 Å². The fourth-order valence-corrected chi connectivity index (χ4v) is 3.88. The van der Waals surface area contributed by atoms with Crippen LogP contribution < -0.4 is 10.1 Å². The lowest BCUT2D eigenvalue weighted by Gasteiger charge is -2.11. The lowest BCUT2D eigenvalue weighted by Crippen LogP contribution is -2.22. The van der Waals surface area contributed by atoms with Crippen LogP contribution in [0.1, 0.15) is 12.5 Å². The standard InChI is InChI=1S/C18H17N5O2S2/c1-11(16(24)20-17-13(10-19)8-9-26-17)27-18-22-21-15(23(18)2)12-4-6-14(25-3)7-5-12/h4-9,11H,1-3H3,(H,20,24)/t11-/m0/s1. The Balaban J connectivity index is 1.71. The van der Waals surface area contributed by atoms with Crippen molar-refractivity contribution < 1.29 is 9.53 Å². The van der Waals surface area contributed by atoms with Crippen LogP contribution in [0.4, 0.5) is 5.00 Å². The number of nitriles is 1. The van der Waals surface area contributed by atoms with Crippen molar-refractivity contribution in [1.29, 1.82) is 5.26 Å². The topological polar surface area (TPSA) is 92.8 Å². The van der Waals surface area contributed by atoms with Crippen molar-refractivity contribution >= 4 is 34.0 Å². The molecule has 2 aromatic heterocycles. The summed E-state index contributed by atoms with van der Waals surface area (Å²) in [6.45, 7) is 1.79. The molecule has 7 nitrogen and oxygen atoms in total. The maximum Gasteiger partial charge on any atom is 0.238 e. The predicted molar refractivity (Wildman–Crippen MR) is 106 cm³/mol. The zero-order valence-electron chi connectivity index (χ0n) is 15.0. The van der Waals surface area contributed by atoms with E-state index < -0.39 is 5.25 Å². The van der Waals surface area contributed by atoms with E-state index in [1.165, 1.54) is 23.1 Å². The molecule has 1 aromatic carbocycles. The molecule has 1 atom stereocenters. The van der Waals surface area contributed by atoms with E-state index in [1.54, 1.807) is 25.5 Å². The Bertz CT molecular complexity index is 988. The van der Waals surface area contributed by atoms with E-state index >= 15 is 0 Å². The van der Waals surface area contributed by atoms with Crippen LogP contribution in [0, 0.1) is 11.3 Å². The van der Waals surface area contributed by atoms with Gasteiger partial charge in [0.2, 0.25) is 5.91 Å². The average molecular weight is 400 g/mol. The first-order valence-corrected chi connectivity index (χ1v) is 9.78. The quantitative estimate of drug-likeness (QED) is 0.637. The summed E-state index contributed by atoms with van der Waals surface area (Å²) in [6, 6.07) is 11.3. The number of methoxy groups -OCH3 is 1. The third-order valence-corrected chi connectivity index (χ3v) is 5.82. The van der Waals surface area contributed by atoms with Crippen molar-refractivity contribution in [3.63, 3.8) is 0 Å². The number of rotatable bonds is 6. The molecule has 0 fully saturated rings. The van der Waals surface area contributed by atoms with Crippen LogP contribution in [0.3, 0.4) is 0 Å². The number of hydrogen-bond acceptors (Lipinski definition) is 7. The molecule has 1 amide bonds. The minimum Gasteiger partial charge on any atom is -0.497 e. The van der Waals surface area contributed by atoms with E-state index in [0.29, 0.717) is 21.5 Å². The van der Waals surface area contributed by atoms with Gasteiger partial charge < -0.3 is 14.6 Å². The van der Waals surface area contributed by atoms with Gasteiger partial charge in [-0.2, -0.15) is 5.26 Å². The van der Waals surface area contributed by atoms with Gasteiger partial charge in [0, 0.05) is 12.6 Å². The first-order chi connectivity index (χ1) is 13.0. The van der Waals surface area contributed by atoms with Gasteiger partial charge in [-0.15, -0.1) is 21.5 Å². The normalized spacial score (nSPS) is 11.6. The zero-order valence-corrected chi connectivity index (χ0v) is 16.6. The molecule has 3 aromatic rings. The van der Waals surface area contributed by atoms with Gasteiger partial charge in [0.05, 0.1) is 17.9 Å². The Morgan fingerprint density at radius 3 is 2.74 bits per heavy atom. The number of ether oxygens (including phenoxy) is 1. The van der Waals surface area contributed by atoms with Gasteiger partial charge >= 0.3 is 0 Å². The lowest BCUT2D eigenvalue weighted by molar-refractivity contribution is -0.115. The van der Waals surface area contributed by atoms with Gasteiger partial charge in [0.1, 0.15) is 16.8 Å². The largest absolute Gasteiger partial charge is 0.497 e. The summed E-state index contributed by atoms with van der Waals surface area (Å²) in [5.41, 5.74) is 1.37. The van der Waals surface area contributed by atoms with E-state index in [9.17, 15) is 4.79 Å². The maximum absolute atomic E-state index is 12.4. The molecule has 0 saturated heterocycles. The van der Waals surface area contributed by atoms with Crippen LogP contribution in [0.2, 0.25) is 0 Å². The predicted octanol–water partition coefficient (Wildman–Crippen LogP) is 3.54. The fourth-order valence-electron chi connectivity index (χ4n) is 2.33. The number of carbonyl (C=O) groups excluding carboxylic acids is 1. The minimum atomic E-state index is -0.398. The summed E-state index contributed by atoms with van der Waals surface area (Å²) in [5, 5.41) is 22.9. The summed E-state index contributed by atoms with van der Waals surface area (Å²) < 4.78 is 7.02. The van der Waals surface area contributed by atoms with Gasteiger partial charge in [-0.1, -0.05) is 11.8 Å². The molecular formula is C18H17N5O2S2. The Kier molecular flexibility index (Phi) is 5.78. The molecule has 0 aliphatic rings. The van der Waals surface area contributed by atoms with Crippen LogP contribution in [0.5, 0.6) is 5.75 Å². The monoisotopic (exact) mass is 399 g/mol. The van der Waals surface area contributed by atoms with Crippen LogP contribution in [-0.4, -0.2) is 33.0 Å². The number of anilines is 1. The number of hydrogen-bond donors (Lipinski definition) is 1. The molecule has 0 bridgehead atoms. The third-order valence-electron chi connectivity index (χ3n) is 3.86. The molecule has 0 aliphatic carbocycles. The van der Waals surface area contributed by atoms with Gasteiger partial charge in [-0.25, -0.2) is 0 Å². The number of nitrogens with one attached hydrogen (secondary N) is 1. The van der Waals surface area contributed by atoms with Crippen LogP contribution >= 0.6 is 23.1 Å². The number of thioether (sulfide) groups is 1. The van der Waals surface area contributed by atoms with Crippen molar-refractivity contribution in [1.82, 2.24) is 14.8 Å². The second-order valence-corrected chi connectivity index (χ2v) is 7.84. The molecule has 9 heteroatoms. The van der Waals surface area contributed by atoms with Crippen molar-refractivity contribution in [2.24, 2.45) is 7.05 Å². The molecule has 0 radical (unpaired) electrons. The van der Waals surface area contributed by atoms with Crippen LogP contribution in [0.25, 0.3) is 11.4 Å². The summed E-state index contributed by atoms with van der Waals surface area (Å²) in [7, 11) is 3.48. The molecule has 0 spiro atoms. The SMILES string of the molecule is COc1ccc(-c2nnc(S[C@@H](C)C(=O)Nc3sccc3C#N)n2C)cc1. The summed E-state index contributed by atoms with van der Waals surface area (Å²) in [6.07, 6.45) is 0. The number of amides is 1. The van der Waals surface area contributed by atoms with Gasteiger partial charge in [0.25, 0.3) is 0 Å². The van der Waals surface area contributed by atoms with Crippen molar-refractivity contribution in [2.75, 3.05) is 12.4 Å². The van der Waals surface area contributed by atoms with Crippen molar-refractivity contribution in [3.8, 4) is 23.2 Å². The Morgan fingerprint density at radius 2 is 2.07 bits per heavy atom. The molecule has 138 valence electrons. The number of benzene rings is 1. The molecular weight excluding hydrogens is 382 g/mol. The van der Waals surface area contributed by atoms with E-state index in [2.05, 4.69) is 21.6 Å². The summed E-state index contributed by atoms with van der Waals surface area (Å²) >= 11 is 2.64. The van der Waals surface area contributed by atoms with E-state index in [4.69, 9.17) is 10.00 Å². The highest BCUT2D eigenvalue weighted by Gasteiger charge is 2.20. The van der Waals surface area contributed by atoms with Gasteiger partial charge in [-0.05, 0) is 42.6 Å². The number of nitrogens with zero attached hydrogens (tertiary/aromatic N) is 4. The summed E-state index contributed by atoms with van der Waals surface area (Å²) in [4.78, 5) is 12.4. The van der Waals surface area contributed by atoms with Crippen molar-refractivity contribution in [2.45, 2.75) is 17.3 Å². The Labute approximate surface area is 165 Å². The highest BCUT2D eigenvalue weighted by Crippen LogP contribution is 2.28. The number of thiophene rings is 1. The fraction of sp³-hybridized carbons (Fsp3) is 0.222. The first-order valence-electron chi connectivity index (χ1n) is 8.02. The van der Waals surface area contributed by atoms with E-state index in [-0.39, 0.29) is 5.91 Å². The van der Waals surface area contributed by atoms with Crippen LogP contribution in [-0.2, 0) is 11.8 Å². The van der Waals surface area contributed by atoms with Gasteiger partial charge in [0.15, 0.2) is 11.0 Å². The zero-order chi connectivity index (χ0) is 19.4. The molecule has 0 unspecified atom stereocenters. The van der Waals surface area contributed by atoms with Crippen LogP contribution in [0.15, 0.2) is 40.9 Å². The molecule has 0 aliphatic heterocycles. The molecule has 2 heterocycles. The molecule has 0 saturated carbocycles. The molecule has 1 N–H and O–H groups in total. The molecule has 3 rings (SSSR count). The second-order valence-electron chi connectivity index (χ2n) is 5.62. The van der Waals surface area contributed by atoms with Crippen molar-refractivity contribution in [3.05, 3.63) is 41.3 Å². The third kappa shape index (κ3) is 4.13. The second kappa shape index (κ2) is 8.24. The number of carbonyl (C=O) groups is 1. The highest BCUT2D eigenvalue weighted by atomic mass is 32.2. The Hall–Kier alpha value is -2.83. The average Bonchev–Trinajstić information content (AvgIpc) is 3.28. The summed E-state index contributed by atoms with van der Waals surface area (Å²) in [5.74, 6) is 1.29. The highest BCUT2D eigenvalue weighted by molar-refractivity contribution is 8.00. The maximum atomic E-state index is 12.4. The smallest absolute Gasteiger partial charge is 0.238 e. The first kappa shape index (κ1) is 18.9. The molecule has 27 heavy (non-hydrogen) atoms. The van der Waals surface area contributed by atoms with E-state index in [1.807, 2.05) is 35.9 Å². The minimum absolute atomic E-state index is 0.187. The van der Waals surface area contributed by atoms with Gasteiger partial charge in [-0.3, -0.25) is 4.79 Å². The lowest BCUT2D eigenvalue weighted by atomic mass is 10.2. The number of aromatic nitrogens is 3. The Morgan fingerprint density at radius 1 is 1.33 bits per heavy atom.